The third kappa shape index (κ3) is 6.04. The molecule has 0 saturated heterocycles. The first-order valence-corrected chi connectivity index (χ1v) is 12.1. The summed E-state index contributed by atoms with van der Waals surface area (Å²) in [4.78, 5) is 28.1. The maximum Gasteiger partial charge on any atom is 0.255 e. The zero-order chi connectivity index (χ0) is 23.8. The molecule has 0 atom stereocenters. The zero-order valence-electron chi connectivity index (χ0n) is 19.7. The number of hydrogen-bond donors (Lipinski definition) is 1. The molecule has 5 nitrogen and oxygen atoms in total. The molecule has 3 aromatic rings. The Bertz CT molecular complexity index is 1110. The lowest BCUT2D eigenvalue weighted by Gasteiger charge is -2.31. The van der Waals surface area contributed by atoms with Crippen molar-refractivity contribution in [3.8, 4) is 5.75 Å². The van der Waals surface area contributed by atoms with Gasteiger partial charge >= 0.3 is 0 Å². The molecule has 1 N–H and O–H groups in total. The van der Waals surface area contributed by atoms with Crippen molar-refractivity contribution in [1.29, 1.82) is 0 Å². The number of carbonyl (C=O) groups excluding carboxylic acids is 2. The number of carbonyl (C=O) groups is 2. The molecule has 0 unspecified atom stereocenters. The summed E-state index contributed by atoms with van der Waals surface area (Å²) in [7, 11) is 1.87. The minimum absolute atomic E-state index is 0.0548. The van der Waals surface area contributed by atoms with Gasteiger partial charge in [0.25, 0.3) is 11.8 Å². The molecule has 1 saturated carbocycles. The van der Waals surface area contributed by atoms with Crippen LogP contribution in [0.1, 0.15) is 58.4 Å². The molecule has 176 valence electrons. The highest BCUT2D eigenvalue weighted by atomic mass is 16.5. The van der Waals surface area contributed by atoms with Crippen LogP contribution in [0.4, 0.5) is 5.69 Å². The molecule has 1 fully saturated rings. The molecule has 34 heavy (non-hydrogen) atoms. The Kier molecular flexibility index (Phi) is 7.97. The quantitative estimate of drug-likeness (QED) is 0.455. The van der Waals surface area contributed by atoms with E-state index in [0.29, 0.717) is 29.2 Å². The highest BCUT2D eigenvalue weighted by Gasteiger charge is 2.25. The van der Waals surface area contributed by atoms with E-state index in [-0.39, 0.29) is 17.9 Å². The molecule has 1 aliphatic rings. The minimum Gasteiger partial charge on any atom is -0.493 e. The van der Waals surface area contributed by atoms with Crippen LogP contribution < -0.4 is 10.1 Å². The second kappa shape index (κ2) is 11.5. The summed E-state index contributed by atoms with van der Waals surface area (Å²) in [6, 6.07) is 24.8. The summed E-state index contributed by atoms with van der Waals surface area (Å²) in [5.74, 6) is 0.319. The fraction of sp³-hybridized carbons (Fsp3) is 0.310. The normalized spacial score (nSPS) is 13.8. The van der Waals surface area contributed by atoms with Crippen LogP contribution in [0.5, 0.6) is 5.75 Å². The Labute approximate surface area is 201 Å². The van der Waals surface area contributed by atoms with Crippen molar-refractivity contribution in [3.63, 3.8) is 0 Å². The summed E-state index contributed by atoms with van der Waals surface area (Å²) in [5.41, 5.74) is 2.73. The third-order valence-corrected chi connectivity index (χ3v) is 6.45. The molecule has 0 aliphatic heterocycles. The van der Waals surface area contributed by atoms with Crippen molar-refractivity contribution in [2.24, 2.45) is 0 Å². The number of amides is 2. The topological polar surface area (TPSA) is 58.6 Å². The average molecular weight is 457 g/mol. The van der Waals surface area contributed by atoms with Crippen LogP contribution in [0.3, 0.4) is 0 Å². The molecule has 0 aromatic heterocycles. The largest absolute Gasteiger partial charge is 0.493 e. The summed E-state index contributed by atoms with van der Waals surface area (Å²) in [6.07, 6.45) is 6.41. The smallest absolute Gasteiger partial charge is 0.255 e. The lowest BCUT2D eigenvalue weighted by Crippen LogP contribution is -2.38. The van der Waals surface area contributed by atoms with Crippen molar-refractivity contribution in [2.45, 2.75) is 44.6 Å². The molecular formula is C29H32N2O3. The second-order valence-corrected chi connectivity index (χ2v) is 8.82. The Morgan fingerprint density at radius 2 is 1.65 bits per heavy atom. The number of para-hydroxylation sites is 1. The first kappa shape index (κ1) is 23.6. The standard InChI is InChI=1S/C29H32N2O3/c1-31(24-14-6-3-7-15-24)29(33)26-17-8-9-18-27(26)30-28(32)23-13-10-16-25(21-23)34-20-19-22-11-4-2-5-12-22/h2,4-5,8-13,16-18,21,24H,3,6-7,14-15,19-20H2,1H3,(H,30,32). The summed E-state index contributed by atoms with van der Waals surface area (Å²) < 4.78 is 5.87. The van der Waals surface area contributed by atoms with Crippen LogP contribution in [0.15, 0.2) is 78.9 Å². The molecule has 3 aromatic carbocycles. The van der Waals surface area contributed by atoms with Crippen LogP contribution in [-0.2, 0) is 6.42 Å². The highest BCUT2D eigenvalue weighted by Crippen LogP contribution is 2.25. The third-order valence-electron chi connectivity index (χ3n) is 6.45. The van der Waals surface area contributed by atoms with Gasteiger partial charge in [0.05, 0.1) is 17.9 Å². The van der Waals surface area contributed by atoms with E-state index in [4.69, 9.17) is 4.74 Å². The maximum atomic E-state index is 13.2. The molecule has 0 radical (unpaired) electrons. The molecule has 2 amide bonds. The van der Waals surface area contributed by atoms with E-state index in [1.54, 1.807) is 30.3 Å². The Balaban J connectivity index is 1.41. The van der Waals surface area contributed by atoms with Crippen molar-refractivity contribution in [2.75, 3.05) is 19.0 Å². The monoisotopic (exact) mass is 456 g/mol. The van der Waals surface area contributed by atoms with Crippen LogP contribution in [0.25, 0.3) is 0 Å². The second-order valence-electron chi connectivity index (χ2n) is 8.82. The van der Waals surface area contributed by atoms with Gasteiger partial charge in [-0.15, -0.1) is 0 Å². The van der Waals surface area contributed by atoms with Crippen LogP contribution in [0.2, 0.25) is 0 Å². The highest BCUT2D eigenvalue weighted by molar-refractivity contribution is 6.09. The van der Waals surface area contributed by atoms with Gasteiger partial charge in [-0.25, -0.2) is 0 Å². The van der Waals surface area contributed by atoms with E-state index >= 15 is 0 Å². The van der Waals surface area contributed by atoms with Crippen LogP contribution in [-0.4, -0.2) is 36.4 Å². The van der Waals surface area contributed by atoms with Crippen molar-refractivity contribution in [1.82, 2.24) is 4.90 Å². The summed E-state index contributed by atoms with van der Waals surface area (Å²) in [5, 5.41) is 2.93. The van der Waals surface area contributed by atoms with Crippen molar-refractivity contribution >= 4 is 17.5 Å². The van der Waals surface area contributed by atoms with Gasteiger partial charge in [0.1, 0.15) is 5.75 Å². The predicted molar refractivity (Wildman–Crippen MR) is 135 cm³/mol. The summed E-state index contributed by atoms with van der Waals surface area (Å²) >= 11 is 0. The Hall–Kier alpha value is -3.60. The van der Waals surface area contributed by atoms with Gasteiger partial charge in [-0.3, -0.25) is 9.59 Å². The molecule has 1 aliphatic carbocycles. The van der Waals surface area contributed by atoms with Gasteiger partial charge in [0, 0.05) is 25.1 Å². The van der Waals surface area contributed by atoms with E-state index < -0.39 is 0 Å². The number of anilines is 1. The fourth-order valence-corrected chi connectivity index (χ4v) is 4.46. The Morgan fingerprint density at radius 3 is 2.44 bits per heavy atom. The summed E-state index contributed by atoms with van der Waals surface area (Å²) in [6.45, 7) is 0.528. The van der Waals surface area contributed by atoms with Gasteiger partial charge in [-0.1, -0.05) is 67.8 Å². The Morgan fingerprint density at radius 1 is 0.912 bits per heavy atom. The molecule has 0 bridgehead atoms. The van der Waals surface area contributed by atoms with Crippen molar-refractivity contribution < 1.29 is 14.3 Å². The number of hydrogen-bond acceptors (Lipinski definition) is 3. The lowest BCUT2D eigenvalue weighted by atomic mass is 9.94. The van der Waals surface area contributed by atoms with Gasteiger partial charge < -0.3 is 15.0 Å². The molecule has 0 spiro atoms. The van der Waals surface area contributed by atoms with Gasteiger partial charge in [-0.05, 0) is 48.7 Å². The predicted octanol–water partition coefficient (Wildman–Crippen LogP) is 5.97. The first-order valence-electron chi connectivity index (χ1n) is 12.1. The van der Waals surface area contributed by atoms with E-state index in [2.05, 4.69) is 17.4 Å². The van der Waals surface area contributed by atoms with Gasteiger partial charge in [-0.2, -0.15) is 0 Å². The minimum atomic E-state index is -0.269. The number of rotatable bonds is 8. The molecule has 0 heterocycles. The van der Waals surface area contributed by atoms with E-state index in [1.807, 2.05) is 48.3 Å². The fourth-order valence-electron chi connectivity index (χ4n) is 4.46. The van der Waals surface area contributed by atoms with Crippen LogP contribution in [0, 0.1) is 0 Å². The number of ether oxygens (including phenoxy) is 1. The molecule has 4 rings (SSSR count). The van der Waals surface area contributed by atoms with E-state index in [0.717, 1.165) is 32.1 Å². The molecule has 5 heteroatoms. The number of nitrogens with zero attached hydrogens (tertiary/aromatic N) is 1. The lowest BCUT2D eigenvalue weighted by molar-refractivity contribution is 0.0697. The zero-order valence-corrected chi connectivity index (χ0v) is 19.7. The van der Waals surface area contributed by atoms with Gasteiger partial charge in [0.2, 0.25) is 0 Å². The average Bonchev–Trinajstić information content (AvgIpc) is 2.89. The van der Waals surface area contributed by atoms with E-state index in [1.165, 1.54) is 12.0 Å². The molecular weight excluding hydrogens is 424 g/mol. The van der Waals surface area contributed by atoms with Crippen LogP contribution >= 0.6 is 0 Å². The first-order chi connectivity index (χ1) is 16.6. The number of benzene rings is 3. The van der Waals surface area contributed by atoms with Crippen molar-refractivity contribution in [3.05, 3.63) is 95.6 Å². The van der Waals surface area contributed by atoms with E-state index in [9.17, 15) is 9.59 Å². The number of nitrogens with one attached hydrogen (secondary N) is 1. The maximum absolute atomic E-state index is 13.2. The SMILES string of the molecule is CN(C(=O)c1ccccc1NC(=O)c1cccc(OCCc2ccccc2)c1)C1CCCCC1. The van der Waals surface area contributed by atoms with Gasteiger partial charge in [0.15, 0.2) is 0 Å².